The van der Waals surface area contributed by atoms with Crippen molar-refractivity contribution < 1.29 is 14.7 Å². The standard InChI is InChI=1S/C17H29NO3/c1-16(2)8-4-3-7-13(16)18-14(19)11-17(12-15(20)21)9-5-6-10-17/h13H,3-12H2,1-2H3,(H,18,19)(H,20,21). The van der Waals surface area contributed by atoms with Crippen molar-refractivity contribution in [2.45, 2.75) is 84.1 Å². The fraction of sp³-hybridized carbons (Fsp3) is 0.882. The van der Waals surface area contributed by atoms with E-state index in [0.717, 1.165) is 38.5 Å². The Labute approximate surface area is 127 Å². The van der Waals surface area contributed by atoms with Crippen molar-refractivity contribution in [1.29, 1.82) is 0 Å². The van der Waals surface area contributed by atoms with E-state index in [2.05, 4.69) is 19.2 Å². The molecule has 4 nitrogen and oxygen atoms in total. The topological polar surface area (TPSA) is 66.4 Å². The highest BCUT2D eigenvalue weighted by Gasteiger charge is 2.39. The van der Waals surface area contributed by atoms with Gasteiger partial charge in [0.05, 0.1) is 6.42 Å². The largest absolute Gasteiger partial charge is 0.481 e. The van der Waals surface area contributed by atoms with Crippen LogP contribution >= 0.6 is 0 Å². The van der Waals surface area contributed by atoms with Crippen LogP contribution in [0, 0.1) is 10.8 Å². The molecule has 2 rings (SSSR count). The Morgan fingerprint density at radius 2 is 1.67 bits per heavy atom. The van der Waals surface area contributed by atoms with E-state index in [0.29, 0.717) is 6.42 Å². The second-order valence-electron chi connectivity index (χ2n) is 7.81. The van der Waals surface area contributed by atoms with Crippen LogP contribution in [-0.4, -0.2) is 23.0 Å². The van der Waals surface area contributed by atoms with Gasteiger partial charge < -0.3 is 10.4 Å². The number of carbonyl (C=O) groups is 2. The summed E-state index contributed by atoms with van der Waals surface area (Å²) in [6, 6.07) is 0.238. The highest BCUT2D eigenvalue weighted by atomic mass is 16.4. The molecule has 2 saturated carbocycles. The van der Waals surface area contributed by atoms with Crippen LogP contribution in [0.5, 0.6) is 0 Å². The molecule has 1 atom stereocenters. The van der Waals surface area contributed by atoms with E-state index in [1.165, 1.54) is 12.8 Å². The maximum atomic E-state index is 12.4. The van der Waals surface area contributed by atoms with Crippen LogP contribution in [0.1, 0.15) is 78.1 Å². The number of amides is 1. The number of aliphatic carboxylic acids is 1. The van der Waals surface area contributed by atoms with Crippen molar-refractivity contribution in [3.63, 3.8) is 0 Å². The predicted octanol–water partition coefficient (Wildman–Crippen LogP) is 3.50. The van der Waals surface area contributed by atoms with E-state index in [1.54, 1.807) is 0 Å². The fourth-order valence-corrected chi connectivity index (χ4v) is 4.21. The van der Waals surface area contributed by atoms with E-state index in [4.69, 9.17) is 5.11 Å². The van der Waals surface area contributed by atoms with Crippen LogP contribution < -0.4 is 5.32 Å². The fourth-order valence-electron chi connectivity index (χ4n) is 4.21. The maximum Gasteiger partial charge on any atom is 0.303 e. The lowest BCUT2D eigenvalue weighted by Gasteiger charge is -2.39. The highest BCUT2D eigenvalue weighted by molar-refractivity contribution is 5.78. The zero-order valence-corrected chi connectivity index (χ0v) is 13.4. The summed E-state index contributed by atoms with van der Waals surface area (Å²) >= 11 is 0. The first-order chi connectivity index (χ1) is 9.83. The minimum atomic E-state index is -0.775. The number of nitrogens with one attached hydrogen (secondary N) is 1. The quantitative estimate of drug-likeness (QED) is 0.816. The Bertz CT molecular complexity index is 397. The summed E-state index contributed by atoms with van der Waals surface area (Å²) in [6.07, 6.45) is 8.98. The van der Waals surface area contributed by atoms with Crippen LogP contribution in [0.4, 0.5) is 0 Å². The third kappa shape index (κ3) is 4.21. The molecular weight excluding hydrogens is 266 g/mol. The Kier molecular flexibility index (Phi) is 4.95. The van der Waals surface area contributed by atoms with Crippen molar-refractivity contribution in [2.75, 3.05) is 0 Å². The minimum absolute atomic E-state index is 0.0538. The van der Waals surface area contributed by atoms with Gasteiger partial charge in [0.15, 0.2) is 0 Å². The summed E-state index contributed by atoms with van der Waals surface area (Å²) in [5.41, 5.74) is -0.141. The lowest BCUT2D eigenvalue weighted by atomic mass is 9.73. The lowest BCUT2D eigenvalue weighted by molar-refractivity contribution is -0.140. The maximum absolute atomic E-state index is 12.4. The van der Waals surface area contributed by atoms with Crippen LogP contribution in [0.25, 0.3) is 0 Å². The van der Waals surface area contributed by atoms with Gasteiger partial charge in [0.25, 0.3) is 0 Å². The smallest absolute Gasteiger partial charge is 0.303 e. The molecule has 0 bridgehead atoms. The van der Waals surface area contributed by atoms with Gasteiger partial charge in [0.2, 0.25) is 5.91 Å². The van der Waals surface area contributed by atoms with Crippen molar-refractivity contribution in [3.05, 3.63) is 0 Å². The van der Waals surface area contributed by atoms with E-state index in [1.807, 2.05) is 0 Å². The molecule has 2 aliphatic carbocycles. The van der Waals surface area contributed by atoms with Gasteiger partial charge >= 0.3 is 5.97 Å². The van der Waals surface area contributed by atoms with Gasteiger partial charge in [-0.1, -0.05) is 39.5 Å². The average Bonchev–Trinajstić information content (AvgIpc) is 2.79. The zero-order chi connectivity index (χ0) is 15.5. The molecule has 0 aromatic heterocycles. The van der Waals surface area contributed by atoms with Gasteiger partial charge in [0, 0.05) is 12.5 Å². The van der Waals surface area contributed by atoms with Crippen molar-refractivity contribution in [2.24, 2.45) is 10.8 Å². The number of hydrogen-bond donors (Lipinski definition) is 2. The molecule has 2 N–H and O–H groups in total. The highest BCUT2D eigenvalue weighted by Crippen LogP contribution is 2.44. The minimum Gasteiger partial charge on any atom is -0.481 e. The molecule has 4 heteroatoms. The first-order valence-corrected chi connectivity index (χ1v) is 8.34. The summed E-state index contributed by atoms with van der Waals surface area (Å²) in [5.74, 6) is -0.721. The third-order valence-corrected chi connectivity index (χ3v) is 5.57. The second kappa shape index (κ2) is 6.37. The third-order valence-electron chi connectivity index (χ3n) is 5.57. The molecule has 0 aliphatic heterocycles. The molecule has 0 radical (unpaired) electrons. The number of rotatable bonds is 5. The van der Waals surface area contributed by atoms with E-state index in [9.17, 15) is 9.59 Å². The van der Waals surface area contributed by atoms with Gasteiger partial charge in [-0.2, -0.15) is 0 Å². The normalized spacial score (nSPS) is 27.2. The van der Waals surface area contributed by atoms with Gasteiger partial charge in [-0.15, -0.1) is 0 Å². The van der Waals surface area contributed by atoms with Crippen molar-refractivity contribution >= 4 is 11.9 Å². The molecule has 0 aromatic rings. The van der Waals surface area contributed by atoms with Gasteiger partial charge in [0.1, 0.15) is 0 Å². The monoisotopic (exact) mass is 295 g/mol. The summed E-state index contributed by atoms with van der Waals surface area (Å²) < 4.78 is 0. The van der Waals surface area contributed by atoms with Crippen molar-refractivity contribution in [3.8, 4) is 0 Å². The summed E-state index contributed by atoms with van der Waals surface area (Å²) in [5, 5.41) is 12.3. The second-order valence-corrected chi connectivity index (χ2v) is 7.81. The number of carboxylic acids is 1. The van der Waals surface area contributed by atoms with E-state index in [-0.39, 0.29) is 29.2 Å². The van der Waals surface area contributed by atoms with Crippen LogP contribution in [0.3, 0.4) is 0 Å². The number of carbonyl (C=O) groups excluding carboxylic acids is 1. The SMILES string of the molecule is CC1(C)CCCCC1NC(=O)CC1(CC(=O)O)CCCC1. The molecule has 0 spiro atoms. The molecule has 120 valence electrons. The van der Waals surface area contributed by atoms with Crippen molar-refractivity contribution in [1.82, 2.24) is 5.32 Å². The molecule has 0 saturated heterocycles. The summed E-state index contributed by atoms with van der Waals surface area (Å²) in [7, 11) is 0. The Hall–Kier alpha value is -1.06. The molecular formula is C17H29NO3. The predicted molar refractivity (Wildman–Crippen MR) is 82.0 cm³/mol. The molecule has 2 aliphatic rings. The molecule has 1 amide bonds. The van der Waals surface area contributed by atoms with E-state index >= 15 is 0 Å². The first-order valence-electron chi connectivity index (χ1n) is 8.34. The number of hydrogen-bond acceptors (Lipinski definition) is 2. The molecule has 0 heterocycles. The Balaban J connectivity index is 1.94. The molecule has 1 unspecified atom stereocenters. The molecule has 2 fully saturated rings. The zero-order valence-electron chi connectivity index (χ0n) is 13.4. The Morgan fingerprint density at radius 1 is 1.05 bits per heavy atom. The lowest BCUT2D eigenvalue weighted by Crippen LogP contribution is -2.47. The molecule has 21 heavy (non-hydrogen) atoms. The van der Waals surface area contributed by atoms with Gasteiger partial charge in [-0.05, 0) is 36.5 Å². The average molecular weight is 295 g/mol. The van der Waals surface area contributed by atoms with Crippen LogP contribution in [-0.2, 0) is 9.59 Å². The summed E-state index contributed by atoms with van der Waals surface area (Å²) in [6.45, 7) is 4.44. The van der Waals surface area contributed by atoms with Gasteiger partial charge in [-0.25, -0.2) is 0 Å². The molecule has 0 aromatic carbocycles. The number of carboxylic acid groups (broad SMARTS) is 1. The van der Waals surface area contributed by atoms with Gasteiger partial charge in [-0.3, -0.25) is 9.59 Å². The summed E-state index contributed by atoms with van der Waals surface area (Å²) in [4.78, 5) is 23.5. The Morgan fingerprint density at radius 3 is 2.24 bits per heavy atom. The van der Waals surface area contributed by atoms with Crippen LogP contribution in [0.15, 0.2) is 0 Å². The van der Waals surface area contributed by atoms with Crippen LogP contribution in [0.2, 0.25) is 0 Å². The first kappa shape index (κ1) is 16.3. The van der Waals surface area contributed by atoms with E-state index < -0.39 is 5.97 Å².